The number of rotatable bonds is 9. The van der Waals surface area contributed by atoms with Crippen molar-refractivity contribution in [1.29, 1.82) is 0 Å². The molecule has 5 heterocycles. The quantitative estimate of drug-likeness (QED) is 0.209. The normalized spacial score (nSPS) is 19.1. The van der Waals surface area contributed by atoms with Crippen LogP contribution in [0.1, 0.15) is 89.9 Å². The predicted molar refractivity (Wildman–Crippen MR) is 206 cm³/mol. The number of pyridine rings is 1. The summed E-state index contributed by atoms with van der Waals surface area (Å²) in [5.41, 5.74) is 10.6. The van der Waals surface area contributed by atoms with Crippen molar-refractivity contribution in [3.05, 3.63) is 112 Å². The van der Waals surface area contributed by atoms with Gasteiger partial charge in [0.1, 0.15) is 11.5 Å². The average Bonchev–Trinajstić information content (AvgIpc) is 3.62. The van der Waals surface area contributed by atoms with E-state index >= 15 is 0 Å². The highest BCUT2D eigenvalue weighted by molar-refractivity contribution is 6.03. The van der Waals surface area contributed by atoms with Gasteiger partial charge in [-0.05, 0) is 111 Å². The SMILES string of the molecule is Cc1ccn(-c2cnc(C(N)=O)c(Cc3ccc(C4CCN(CC5CCN(c6ccc7c(=O)n(C8CCC(=O)CC8=O)ccc7c6)CC5)CC4)cc3)n2)n1. The maximum Gasteiger partial charge on any atom is 0.269 e. The summed E-state index contributed by atoms with van der Waals surface area (Å²) in [4.78, 5) is 63.7. The Morgan fingerprint density at radius 3 is 2.37 bits per heavy atom. The molecule has 0 spiro atoms. The highest BCUT2D eigenvalue weighted by Crippen LogP contribution is 2.32. The number of likely N-dealkylation sites (tertiary alicyclic amines) is 1. The van der Waals surface area contributed by atoms with Crippen molar-refractivity contribution < 1.29 is 14.4 Å². The maximum atomic E-state index is 13.3. The van der Waals surface area contributed by atoms with Crippen molar-refractivity contribution in [2.45, 2.75) is 70.3 Å². The lowest BCUT2D eigenvalue weighted by Gasteiger charge is -2.38. The standard InChI is InChI=1S/C42H46N8O4/c1-27-10-21-50(46-27)39-25-44-40(41(43)53)36(45-39)22-28-2-4-30(5-3-28)31-13-16-47(17-14-31)26-29-11-18-48(19-12-29)33-6-8-35-32(23-33)15-20-49(42(35)54)37-9-7-34(51)24-38(37)52/h2-6,8,10,15,20-21,23,25,29,31,37H,7,9,11-14,16-19,22,24,26H2,1H3,(H2,43,53). The van der Waals surface area contributed by atoms with E-state index in [0.717, 1.165) is 80.7 Å². The molecular weight excluding hydrogens is 681 g/mol. The van der Waals surface area contributed by atoms with Crippen LogP contribution in [0, 0.1) is 12.8 Å². The molecule has 2 saturated heterocycles. The third kappa shape index (κ3) is 7.48. The molecule has 54 heavy (non-hydrogen) atoms. The number of carbonyl (C=O) groups is 3. The fraction of sp³-hybridized carbons (Fsp3) is 0.405. The van der Waals surface area contributed by atoms with E-state index in [2.05, 4.69) is 50.2 Å². The fourth-order valence-electron chi connectivity index (χ4n) is 8.53. The molecule has 1 aliphatic carbocycles. The number of piperidine rings is 2. The molecule has 5 aromatic rings. The molecule has 12 nitrogen and oxygen atoms in total. The number of ketones is 2. The Hall–Kier alpha value is -5.49. The lowest BCUT2D eigenvalue weighted by atomic mass is 9.87. The molecule has 1 atom stereocenters. The molecular formula is C42H46N8O4. The average molecular weight is 727 g/mol. The van der Waals surface area contributed by atoms with Crippen LogP contribution in [0.2, 0.25) is 0 Å². The second kappa shape index (κ2) is 15.1. The first-order valence-corrected chi connectivity index (χ1v) is 19.1. The summed E-state index contributed by atoms with van der Waals surface area (Å²) in [6.07, 6.45) is 10.7. The lowest BCUT2D eigenvalue weighted by molar-refractivity contribution is -0.132. The van der Waals surface area contributed by atoms with E-state index < -0.39 is 11.9 Å². The number of anilines is 1. The van der Waals surface area contributed by atoms with Gasteiger partial charge in [-0.1, -0.05) is 24.3 Å². The van der Waals surface area contributed by atoms with Gasteiger partial charge in [-0.3, -0.25) is 19.2 Å². The van der Waals surface area contributed by atoms with E-state index in [1.165, 1.54) is 16.3 Å². The van der Waals surface area contributed by atoms with E-state index in [-0.39, 0.29) is 29.2 Å². The van der Waals surface area contributed by atoms with Crippen LogP contribution in [0.25, 0.3) is 16.6 Å². The van der Waals surface area contributed by atoms with Gasteiger partial charge in [0.25, 0.3) is 11.5 Å². The van der Waals surface area contributed by atoms with E-state index in [1.54, 1.807) is 10.9 Å². The fourth-order valence-corrected chi connectivity index (χ4v) is 8.53. The summed E-state index contributed by atoms with van der Waals surface area (Å²) in [6.45, 7) is 7.19. The number of hydrogen-bond donors (Lipinski definition) is 1. The van der Waals surface area contributed by atoms with Crippen molar-refractivity contribution in [1.82, 2.24) is 29.2 Å². The van der Waals surface area contributed by atoms with Crippen molar-refractivity contribution in [2.24, 2.45) is 11.7 Å². The van der Waals surface area contributed by atoms with Gasteiger partial charge in [0, 0.05) is 55.9 Å². The molecule has 278 valence electrons. The van der Waals surface area contributed by atoms with Crippen molar-refractivity contribution in [2.75, 3.05) is 37.6 Å². The lowest BCUT2D eigenvalue weighted by Crippen LogP contribution is -2.41. The summed E-state index contributed by atoms with van der Waals surface area (Å²) in [5, 5.41) is 5.90. The van der Waals surface area contributed by atoms with Crippen molar-refractivity contribution in [3.63, 3.8) is 0 Å². The molecule has 3 fully saturated rings. The minimum Gasteiger partial charge on any atom is -0.371 e. The van der Waals surface area contributed by atoms with E-state index in [9.17, 15) is 19.2 Å². The summed E-state index contributed by atoms with van der Waals surface area (Å²) in [6, 6.07) is 18.0. The Bertz CT molecular complexity index is 2260. The Kier molecular flexibility index (Phi) is 9.93. The molecule has 0 bridgehead atoms. The third-order valence-corrected chi connectivity index (χ3v) is 11.6. The molecule has 1 unspecified atom stereocenters. The number of nitrogens with zero attached hydrogens (tertiary/aromatic N) is 7. The van der Waals surface area contributed by atoms with Gasteiger partial charge >= 0.3 is 0 Å². The Morgan fingerprint density at radius 2 is 1.67 bits per heavy atom. The van der Waals surface area contributed by atoms with Crippen LogP contribution in [0.5, 0.6) is 0 Å². The van der Waals surface area contributed by atoms with Gasteiger partial charge in [0.15, 0.2) is 11.6 Å². The second-order valence-electron chi connectivity index (χ2n) is 15.2. The van der Waals surface area contributed by atoms with Crippen LogP contribution < -0.4 is 16.2 Å². The predicted octanol–water partition coefficient (Wildman–Crippen LogP) is 4.93. The van der Waals surface area contributed by atoms with Gasteiger partial charge in [-0.2, -0.15) is 5.10 Å². The maximum absolute atomic E-state index is 13.3. The topological polar surface area (TPSA) is 149 Å². The van der Waals surface area contributed by atoms with Crippen molar-refractivity contribution >= 4 is 33.9 Å². The Labute approximate surface area is 314 Å². The van der Waals surface area contributed by atoms with Crippen LogP contribution in [0.3, 0.4) is 0 Å². The van der Waals surface area contributed by atoms with Crippen LogP contribution >= 0.6 is 0 Å². The summed E-state index contributed by atoms with van der Waals surface area (Å²) < 4.78 is 3.17. The largest absolute Gasteiger partial charge is 0.371 e. The van der Waals surface area contributed by atoms with Gasteiger partial charge in [-0.15, -0.1) is 0 Å². The van der Waals surface area contributed by atoms with Gasteiger partial charge in [0.2, 0.25) is 0 Å². The van der Waals surface area contributed by atoms with Crippen LogP contribution in [0.15, 0.2) is 78.0 Å². The zero-order valence-electron chi connectivity index (χ0n) is 30.7. The van der Waals surface area contributed by atoms with Gasteiger partial charge < -0.3 is 20.1 Å². The van der Waals surface area contributed by atoms with Gasteiger partial charge in [0.05, 0.1) is 30.0 Å². The molecule has 1 amide bonds. The number of primary amides is 1. The van der Waals surface area contributed by atoms with Gasteiger partial charge in [-0.25, -0.2) is 14.6 Å². The summed E-state index contributed by atoms with van der Waals surface area (Å²) >= 11 is 0. The van der Waals surface area contributed by atoms with E-state index in [4.69, 9.17) is 10.7 Å². The smallest absolute Gasteiger partial charge is 0.269 e. The highest BCUT2D eigenvalue weighted by atomic mass is 16.2. The highest BCUT2D eigenvalue weighted by Gasteiger charge is 2.30. The molecule has 12 heteroatoms. The third-order valence-electron chi connectivity index (χ3n) is 11.6. The number of fused-ring (bicyclic) bond motifs is 1. The van der Waals surface area contributed by atoms with Crippen LogP contribution in [-0.4, -0.2) is 79.4 Å². The van der Waals surface area contributed by atoms with Crippen molar-refractivity contribution in [3.8, 4) is 5.82 Å². The number of nitrogens with two attached hydrogens (primary N) is 1. The molecule has 2 aromatic carbocycles. The number of carbonyl (C=O) groups excluding carboxylic acids is 3. The Balaban J connectivity index is 0.824. The minimum atomic E-state index is -0.593. The second-order valence-corrected chi connectivity index (χ2v) is 15.2. The molecule has 3 aromatic heterocycles. The number of benzene rings is 2. The van der Waals surface area contributed by atoms with Crippen LogP contribution in [0.4, 0.5) is 5.69 Å². The first-order valence-electron chi connectivity index (χ1n) is 19.1. The van der Waals surface area contributed by atoms with E-state index in [1.807, 2.05) is 37.4 Å². The van der Waals surface area contributed by atoms with Crippen LogP contribution in [-0.2, 0) is 16.0 Å². The number of hydrogen-bond acceptors (Lipinski definition) is 9. The molecule has 2 N–H and O–H groups in total. The zero-order valence-corrected chi connectivity index (χ0v) is 30.7. The molecule has 0 radical (unpaired) electrons. The molecule has 8 rings (SSSR count). The Morgan fingerprint density at radius 1 is 0.889 bits per heavy atom. The number of aryl methyl sites for hydroxylation is 1. The monoisotopic (exact) mass is 726 g/mol. The number of amides is 1. The number of Topliss-reactive ketones (excluding diaryl/α,β-unsaturated/α-hetero) is 2. The molecule has 2 aliphatic heterocycles. The first-order chi connectivity index (χ1) is 26.2. The number of aromatic nitrogens is 5. The summed E-state index contributed by atoms with van der Waals surface area (Å²) in [5.74, 6) is 0.927. The molecule has 3 aliphatic rings. The zero-order chi connectivity index (χ0) is 37.3. The minimum absolute atomic E-state index is 0.0429. The summed E-state index contributed by atoms with van der Waals surface area (Å²) in [7, 11) is 0. The molecule has 1 saturated carbocycles. The first kappa shape index (κ1) is 35.5. The van der Waals surface area contributed by atoms with E-state index in [0.29, 0.717) is 48.0 Å².